The summed E-state index contributed by atoms with van der Waals surface area (Å²) in [6, 6.07) is 8.16. The summed E-state index contributed by atoms with van der Waals surface area (Å²) in [5.74, 6) is -0.541. The normalized spacial score (nSPS) is 13.2. The molecule has 1 heterocycles. The average molecular weight is 388 g/mol. The van der Waals surface area contributed by atoms with Crippen molar-refractivity contribution in [3.05, 3.63) is 54.6 Å². The van der Waals surface area contributed by atoms with Crippen LogP contribution in [-0.2, 0) is 34.3 Å². The van der Waals surface area contributed by atoms with Gasteiger partial charge in [0.2, 0.25) is 12.2 Å². The number of carbonyl (C=O) groups is 2. The summed E-state index contributed by atoms with van der Waals surface area (Å²) >= 11 is 0. The van der Waals surface area contributed by atoms with Gasteiger partial charge in [0.1, 0.15) is 31.6 Å². The molecule has 0 unspecified atom stereocenters. The number of hydrogen-bond acceptors (Lipinski definition) is 4. The van der Waals surface area contributed by atoms with Crippen molar-refractivity contribution in [1.29, 1.82) is 0 Å². The third-order valence-corrected chi connectivity index (χ3v) is 4.36. The predicted octanol–water partition coefficient (Wildman–Crippen LogP) is 0.957. The Hall–Kier alpha value is -2.67. The van der Waals surface area contributed by atoms with Gasteiger partial charge in [-0.25, -0.2) is 13.9 Å². The van der Waals surface area contributed by atoms with Crippen molar-refractivity contribution in [1.82, 2.24) is 9.88 Å². The zero-order chi connectivity index (χ0) is 20.5. The van der Waals surface area contributed by atoms with E-state index in [0.29, 0.717) is 19.4 Å². The number of benzene rings is 1. The third kappa shape index (κ3) is 7.15. The van der Waals surface area contributed by atoms with Crippen molar-refractivity contribution >= 4 is 11.9 Å². The number of nitrogens with zero attached hydrogens (tertiary/aromatic N) is 2. The second-order valence-corrected chi connectivity index (χ2v) is 7.47. The number of amides is 1. The average Bonchev–Trinajstić information content (AvgIpc) is 3.06. The zero-order valence-electron chi connectivity index (χ0n) is 16.9. The maximum absolute atomic E-state index is 12.5. The van der Waals surface area contributed by atoms with Crippen LogP contribution in [0.4, 0.5) is 0 Å². The Morgan fingerprint density at radius 1 is 1.25 bits per heavy atom. The second-order valence-electron chi connectivity index (χ2n) is 7.47. The van der Waals surface area contributed by atoms with Crippen LogP contribution in [0.15, 0.2) is 49.1 Å². The fraction of sp³-hybridized carbons (Fsp3) is 0.476. The Morgan fingerprint density at radius 3 is 2.57 bits per heavy atom. The van der Waals surface area contributed by atoms with E-state index >= 15 is 0 Å². The molecule has 2 atom stereocenters. The summed E-state index contributed by atoms with van der Waals surface area (Å²) < 4.78 is 9.24. The first-order valence-electron chi connectivity index (χ1n) is 9.62. The highest BCUT2D eigenvalue weighted by Gasteiger charge is 2.26. The number of rotatable bonds is 10. The van der Waals surface area contributed by atoms with Gasteiger partial charge in [-0.2, -0.15) is 0 Å². The molecule has 0 aliphatic rings. The number of nitrogens with one attached hydrogen (secondary N) is 1. The van der Waals surface area contributed by atoms with Gasteiger partial charge in [-0.05, 0) is 24.3 Å². The maximum atomic E-state index is 12.5. The molecule has 2 aromatic rings. The summed E-state index contributed by atoms with van der Waals surface area (Å²) in [5.41, 5.74) is 7.02. The highest BCUT2D eigenvalue weighted by molar-refractivity contribution is 5.87. The smallest absolute Gasteiger partial charge is 0.328 e. The van der Waals surface area contributed by atoms with Gasteiger partial charge < -0.3 is 15.8 Å². The van der Waals surface area contributed by atoms with Crippen molar-refractivity contribution in [2.75, 3.05) is 6.61 Å². The van der Waals surface area contributed by atoms with Crippen LogP contribution >= 0.6 is 0 Å². The fourth-order valence-electron chi connectivity index (χ4n) is 2.91. The lowest BCUT2D eigenvalue weighted by Crippen LogP contribution is -2.50. The number of ether oxygens (including phenoxy) is 1. The van der Waals surface area contributed by atoms with Gasteiger partial charge in [0.15, 0.2) is 0 Å². The summed E-state index contributed by atoms with van der Waals surface area (Å²) in [7, 11) is 1.93. The lowest BCUT2D eigenvalue weighted by Gasteiger charge is -2.21. The van der Waals surface area contributed by atoms with Crippen LogP contribution in [0.5, 0.6) is 0 Å². The van der Waals surface area contributed by atoms with Gasteiger partial charge in [-0.3, -0.25) is 4.79 Å². The number of esters is 1. The summed E-state index contributed by atoms with van der Waals surface area (Å²) in [6.07, 6.45) is 6.65. The Labute approximate surface area is 166 Å². The topological polar surface area (TPSA) is 90.2 Å². The summed E-state index contributed by atoms with van der Waals surface area (Å²) in [4.78, 5) is 25.0. The van der Waals surface area contributed by atoms with Crippen LogP contribution in [0, 0.1) is 5.92 Å². The van der Waals surface area contributed by atoms with Gasteiger partial charge in [-0.15, -0.1) is 0 Å². The van der Waals surface area contributed by atoms with E-state index in [1.807, 2.05) is 79.1 Å². The molecular formula is C21H31N4O3+. The van der Waals surface area contributed by atoms with E-state index in [0.717, 1.165) is 5.56 Å². The van der Waals surface area contributed by atoms with Gasteiger partial charge in [0.25, 0.3) is 0 Å². The van der Waals surface area contributed by atoms with Gasteiger partial charge >= 0.3 is 5.97 Å². The SMILES string of the molecule is CC(C)C[C@H](NC(=O)[C@@H](N)Cc1ccccc1)C(=O)OCCn1cc[n+](C)c1. The molecule has 0 fully saturated rings. The molecule has 1 aromatic carbocycles. The maximum Gasteiger partial charge on any atom is 0.328 e. The molecule has 152 valence electrons. The summed E-state index contributed by atoms with van der Waals surface area (Å²) in [6.45, 7) is 4.79. The third-order valence-electron chi connectivity index (χ3n) is 4.36. The number of aryl methyl sites for hydroxylation is 1. The van der Waals surface area contributed by atoms with Crippen LogP contribution in [0.3, 0.4) is 0 Å². The van der Waals surface area contributed by atoms with E-state index < -0.39 is 18.1 Å². The number of imidazole rings is 1. The van der Waals surface area contributed by atoms with E-state index in [2.05, 4.69) is 5.32 Å². The number of carbonyl (C=O) groups excluding carboxylic acids is 2. The molecule has 0 aliphatic carbocycles. The van der Waals surface area contributed by atoms with Gasteiger partial charge in [0, 0.05) is 0 Å². The first-order chi connectivity index (χ1) is 13.3. The highest BCUT2D eigenvalue weighted by atomic mass is 16.5. The molecule has 7 nitrogen and oxygen atoms in total. The first-order valence-corrected chi connectivity index (χ1v) is 9.62. The van der Waals surface area contributed by atoms with Crippen LogP contribution < -0.4 is 15.6 Å². The molecule has 28 heavy (non-hydrogen) atoms. The number of hydrogen-bond donors (Lipinski definition) is 2. The Morgan fingerprint density at radius 2 is 1.96 bits per heavy atom. The Kier molecular flexibility index (Phi) is 8.19. The lowest BCUT2D eigenvalue weighted by atomic mass is 10.0. The lowest BCUT2D eigenvalue weighted by molar-refractivity contribution is -0.671. The van der Waals surface area contributed by atoms with E-state index in [1.54, 1.807) is 0 Å². The van der Waals surface area contributed by atoms with Crippen LogP contribution in [0.2, 0.25) is 0 Å². The number of aromatic nitrogens is 2. The highest BCUT2D eigenvalue weighted by Crippen LogP contribution is 2.08. The van der Waals surface area contributed by atoms with E-state index in [1.165, 1.54) is 0 Å². The standard InChI is InChI=1S/C21H30N4O3/c1-16(2)13-19(21(27)28-12-11-25-10-9-24(3)15-25)23-20(26)18(22)14-17-7-5-4-6-8-17/h4-10,15-16,18-19H,11-14,22H2,1-3H3/p+1/t18-,19-/m0/s1. The molecule has 0 aliphatic heterocycles. The fourth-order valence-corrected chi connectivity index (χ4v) is 2.91. The van der Waals surface area contributed by atoms with Crippen molar-refractivity contribution < 1.29 is 18.9 Å². The molecule has 0 saturated carbocycles. The van der Waals surface area contributed by atoms with Gasteiger partial charge in [0.05, 0.1) is 13.1 Å². The monoisotopic (exact) mass is 387 g/mol. The van der Waals surface area contributed by atoms with Crippen molar-refractivity contribution in [3.8, 4) is 0 Å². The van der Waals surface area contributed by atoms with E-state index in [-0.39, 0.29) is 18.4 Å². The molecule has 0 saturated heterocycles. The van der Waals surface area contributed by atoms with E-state index in [9.17, 15) is 9.59 Å². The molecule has 0 bridgehead atoms. The second kappa shape index (κ2) is 10.6. The molecule has 7 heteroatoms. The van der Waals surface area contributed by atoms with Crippen LogP contribution in [0.1, 0.15) is 25.8 Å². The molecular weight excluding hydrogens is 356 g/mol. The zero-order valence-corrected chi connectivity index (χ0v) is 16.9. The van der Waals surface area contributed by atoms with Crippen molar-refractivity contribution in [2.24, 2.45) is 18.7 Å². The minimum Gasteiger partial charge on any atom is -0.460 e. The Bertz CT molecular complexity index is 758. The molecule has 0 radical (unpaired) electrons. The van der Waals surface area contributed by atoms with Crippen molar-refractivity contribution in [3.63, 3.8) is 0 Å². The first kappa shape index (κ1) is 21.6. The molecule has 0 spiro atoms. The van der Waals surface area contributed by atoms with Crippen LogP contribution in [0.25, 0.3) is 0 Å². The largest absolute Gasteiger partial charge is 0.460 e. The minimum atomic E-state index is -0.718. The van der Waals surface area contributed by atoms with Crippen molar-refractivity contribution in [2.45, 2.75) is 45.3 Å². The number of nitrogens with two attached hydrogens (primary N) is 1. The molecule has 1 amide bonds. The molecule has 2 rings (SSSR count). The summed E-state index contributed by atoms with van der Waals surface area (Å²) in [5, 5.41) is 2.77. The molecule has 3 N–H and O–H groups in total. The predicted molar refractivity (Wildman–Crippen MR) is 106 cm³/mol. The molecule has 1 aromatic heterocycles. The minimum absolute atomic E-state index is 0.228. The Balaban J connectivity index is 1.87. The van der Waals surface area contributed by atoms with E-state index in [4.69, 9.17) is 10.5 Å². The van der Waals surface area contributed by atoms with Crippen LogP contribution in [-0.4, -0.2) is 35.1 Å². The van der Waals surface area contributed by atoms with Gasteiger partial charge in [-0.1, -0.05) is 44.2 Å². The quantitative estimate of drug-likeness (QED) is 0.469.